The molecule has 0 spiro atoms. The van der Waals surface area contributed by atoms with Gasteiger partial charge in [0.15, 0.2) is 0 Å². The van der Waals surface area contributed by atoms with Gasteiger partial charge in [0, 0.05) is 31.0 Å². The Bertz CT molecular complexity index is 1180. The number of carbonyl (C=O) groups is 1. The largest absolute Gasteiger partial charge is 0.324 e. The Kier molecular flexibility index (Phi) is 7.01. The minimum Gasteiger partial charge on any atom is -0.324 e. The van der Waals surface area contributed by atoms with Crippen LogP contribution in [0.1, 0.15) is 35.6 Å². The van der Waals surface area contributed by atoms with Crippen molar-refractivity contribution in [3.05, 3.63) is 108 Å². The van der Waals surface area contributed by atoms with Crippen molar-refractivity contribution in [3.63, 3.8) is 0 Å². The van der Waals surface area contributed by atoms with Gasteiger partial charge in [-0.2, -0.15) is 5.10 Å². The summed E-state index contributed by atoms with van der Waals surface area (Å²) in [5.74, 6) is 0.204. The minimum atomic E-state index is -0.447. The molecule has 0 unspecified atom stereocenters. The van der Waals surface area contributed by atoms with Crippen LogP contribution in [0, 0.1) is 6.92 Å². The van der Waals surface area contributed by atoms with Crippen molar-refractivity contribution < 1.29 is 4.79 Å². The van der Waals surface area contributed by atoms with E-state index in [0.29, 0.717) is 6.54 Å². The van der Waals surface area contributed by atoms with Crippen molar-refractivity contribution in [1.82, 2.24) is 15.1 Å². The first-order valence-corrected chi connectivity index (χ1v) is 11.2. The second-order valence-electron chi connectivity index (χ2n) is 8.53. The normalized spacial score (nSPS) is 12.8. The number of benzene rings is 3. The smallest absolute Gasteiger partial charge is 0.246 e. The summed E-state index contributed by atoms with van der Waals surface area (Å²) in [6.45, 7) is 4.95. The van der Waals surface area contributed by atoms with E-state index in [9.17, 15) is 4.79 Å². The number of nitrogens with one attached hydrogen (secondary N) is 2. The predicted octanol–water partition coefficient (Wildman–Crippen LogP) is 5.47. The van der Waals surface area contributed by atoms with Gasteiger partial charge in [0.1, 0.15) is 6.04 Å². The zero-order chi connectivity index (χ0) is 23.2. The molecule has 3 aromatic carbocycles. The molecule has 1 aromatic heterocycles. The zero-order valence-electron chi connectivity index (χ0n) is 19.3. The van der Waals surface area contributed by atoms with Gasteiger partial charge in [-0.15, -0.1) is 0 Å². The van der Waals surface area contributed by atoms with E-state index in [4.69, 9.17) is 0 Å². The Balaban J connectivity index is 1.46. The maximum Gasteiger partial charge on any atom is 0.246 e. The fraction of sp³-hybridized carbons (Fsp3) is 0.214. The van der Waals surface area contributed by atoms with E-state index in [1.54, 1.807) is 4.68 Å². The van der Waals surface area contributed by atoms with E-state index in [1.807, 2.05) is 74.0 Å². The number of anilines is 1. The molecular formula is C28H30N4O. The molecule has 5 heteroatoms. The molecule has 0 bridgehead atoms. The van der Waals surface area contributed by atoms with Crippen LogP contribution in [-0.4, -0.2) is 22.2 Å². The van der Waals surface area contributed by atoms with Crippen molar-refractivity contribution in [3.8, 4) is 11.1 Å². The molecule has 4 aromatic rings. The van der Waals surface area contributed by atoms with E-state index < -0.39 is 6.04 Å². The number of amides is 1. The first-order valence-electron chi connectivity index (χ1n) is 11.2. The second-order valence-corrected chi connectivity index (χ2v) is 8.53. The molecule has 2 atom stereocenters. The van der Waals surface area contributed by atoms with Crippen LogP contribution in [0.2, 0.25) is 0 Å². The first kappa shape index (κ1) is 22.5. The van der Waals surface area contributed by atoms with Gasteiger partial charge in [0.25, 0.3) is 0 Å². The molecule has 0 saturated heterocycles. The van der Waals surface area contributed by atoms with Crippen molar-refractivity contribution in [1.29, 1.82) is 0 Å². The lowest BCUT2D eigenvalue weighted by molar-refractivity contribution is -0.118. The highest BCUT2D eigenvalue weighted by molar-refractivity contribution is 5.95. The van der Waals surface area contributed by atoms with Crippen LogP contribution in [0.15, 0.2) is 91.3 Å². The maximum absolute atomic E-state index is 13.3. The molecule has 5 nitrogen and oxygen atoms in total. The molecule has 0 saturated carbocycles. The molecule has 1 heterocycles. The maximum atomic E-state index is 13.3. The predicted molar refractivity (Wildman–Crippen MR) is 134 cm³/mol. The molecule has 168 valence electrons. The van der Waals surface area contributed by atoms with Crippen molar-refractivity contribution in [2.75, 3.05) is 11.9 Å². The summed E-state index contributed by atoms with van der Waals surface area (Å²) < 4.78 is 1.78. The SMILES string of the molecule is Cc1ccc([C@@H](C)CN[C@H](C(=O)Nc2ccc(-c3cnn(C)c3)cc2)c2ccccc2)cc1. The highest BCUT2D eigenvalue weighted by atomic mass is 16.2. The van der Waals surface area contributed by atoms with E-state index in [-0.39, 0.29) is 11.8 Å². The van der Waals surface area contributed by atoms with Crippen molar-refractivity contribution in [2.45, 2.75) is 25.8 Å². The fourth-order valence-electron chi connectivity index (χ4n) is 3.85. The molecular weight excluding hydrogens is 408 g/mol. The summed E-state index contributed by atoms with van der Waals surface area (Å²) in [7, 11) is 1.90. The third-order valence-corrected chi connectivity index (χ3v) is 5.86. The first-order chi connectivity index (χ1) is 16.0. The Morgan fingerprint density at radius 3 is 2.24 bits per heavy atom. The number of hydrogen-bond donors (Lipinski definition) is 2. The summed E-state index contributed by atoms with van der Waals surface area (Å²) in [6, 6.07) is 25.8. The Hall–Kier alpha value is -3.70. The quantitative estimate of drug-likeness (QED) is 0.384. The van der Waals surface area contributed by atoms with E-state index in [0.717, 1.165) is 22.4 Å². The lowest BCUT2D eigenvalue weighted by atomic mass is 9.98. The summed E-state index contributed by atoms with van der Waals surface area (Å²) in [6.07, 6.45) is 3.80. The van der Waals surface area contributed by atoms with E-state index in [1.165, 1.54) is 11.1 Å². The van der Waals surface area contributed by atoms with Crippen LogP contribution in [0.3, 0.4) is 0 Å². The Morgan fingerprint density at radius 1 is 0.909 bits per heavy atom. The van der Waals surface area contributed by atoms with Gasteiger partial charge in [-0.25, -0.2) is 0 Å². The molecule has 0 aliphatic heterocycles. The van der Waals surface area contributed by atoms with Gasteiger partial charge in [-0.05, 0) is 41.7 Å². The summed E-state index contributed by atoms with van der Waals surface area (Å²) in [5, 5.41) is 10.8. The molecule has 4 rings (SSSR count). The Morgan fingerprint density at radius 2 is 1.61 bits per heavy atom. The fourth-order valence-corrected chi connectivity index (χ4v) is 3.85. The van der Waals surface area contributed by atoms with Crippen molar-refractivity contribution >= 4 is 11.6 Å². The lowest BCUT2D eigenvalue weighted by Gasteiger charge is -2.22. The van der Waals surface area contributed by atoms with E-state index >= 15 is 0 Å². The molecule has 2 N–H and O–H groups in total. The standard InChI is InChI=1S/C28H30N4O/c1-20-9-11-22(12-10-20)21(2)17-29-27(24-7-5-4-6-8-24)28(33)31-26-15-13-23(14-16-26)25-18-30-32(3)19-25/h4-16,18-19,21,27,29H,17H2,1-3H3,(H,31,33)/t21-,27-/m0/s1. The monoisotopic (exact) mass is 438 g/mol. The highest BCUT2D eigenvalue weighted by Gasteiger charge is 2.21. The van der Waals surface area contributed by atoms with Gasteiger partial charge >= 0.3 is 0 Å². The molecule has 33 heavy (non-hydrogen) atoms. The van der Waals surface area contributed by atoms with E-state index in [2.05, 4.69) is 53.8 Å². The molecule has 0 aliphatic rings. The Labute approximate surface area is 195 Å². The summed E-state index contributed by atoms with van der Waals surface area (Å²) in [4.78, 5) is 13.3. The number of rotatable bonds is 8. The lowest BCUT2D eigenvalue weighted by Crippen LogP contribution is -2.35. The number of aromatic nitrogens is 2. The molecule has 0 fully saturated rings. The van der Waals surface area contributed by atoms with Crippen LogP contribution >= 0.6 is 0 Å². The number of hydrogen-bond acceptors (Lipinski definition) is 3. The van der Waals surface area contributed by atoms with Gasteiger partial charge in [0.2, 0.25) is 5.91 Å². The summed E-state index contributed by atoms with van der Waals surface area (Å²) >= 11 is 0. The third-order valence-electron chi connectivity index (χ3n) is 5.86. The topological polar surface area (TPSA) is 59.0 Å². The van der Waals surface area contributed by atoms with Crippen LogP contribution in [0.5, 0.6) is 0 Å². The van der Waals surface area contributed by atoms with Crippen LogP contribution in [-0.2, 0) is 11.8 Å². The molecule has 1 amide bonds. The van der Waals surface area contributed by atoms with Gasteiger partial charge < -0.3 is 10.6 Å². The summed E-state index contributed by atoms with van der Waals surface area (Å²) in [5.41, 5.74) is 6.32. The van der Waals surface area contributed by atoms with Gasteiger partial charge in [-0.1, -0.05) is 79.2 Å². The molecule has 0 aliphatic carbocycles. The number of nitrogens with zero attached hydrogens (tertiary/aromatic N) is 2. The van der Waals surface area contributed by atoms with Crippen LogP contribution in [0.4, 0.5) is 5.69 Å². The van der Waals surface area contributed by atoms with Gasteiger partial charge in [0.05, 0.1) is 6.20 Å². The highest BCUT2D eigenvalue weighted by Crippen LogP contribution is 2.23. The number of carbonyl (C=O) groups excluding carboxylic acids is 1. The average Bonchev–Trinajstić information content (AvgIpc) is 3.27. The van der Waals surface area contributed by atoms with Crippen LogP contribution < -0.4 is 10.6 Å². The zero-order valence-corrected chi connectivity index (χ0v) is 19.3. The third kappa shape index (κ3) is 5.76. The van der Waals surface area contributed by atoms with Crippen molar-refractivity contribution in [2.24, 2.45) is 7.05 Å². The van der Waals surface area contributed by atoms with Crippen LogP contribution in [0.25, 0.3) is 11.1 Å². The minimum absolute atomic E-state index is 0.0774. The average molecular weight is 439 g/mol. The molecule has 0 radical (unpaired) electrons. The second kappa shape index (κ2) is 10.3. The van der Waals surface area contributed by atoms with Gasteiger partial charge in [-0.3, -0.25) is 9.48 Å². The number of aryl methyl sites for hydroxylation is 2.